The fourth-order valence-corrected chi connectivity index (χ4v) is 3.73. The van der Waals surface area contributed by atoms with Crippen LogP contribution in [-0.4, -0.2) is 34.5 Å². The quantitative estimate of drug-likeness (QED) is 0.696. The average Bonchev–Trinajstić information content (AvgIpc) is 2.98. The second kappa shape index (κ2) is 7.79. The summed E-state index contributed by atoms with van der Waals surface area (Å²) in [6, 6.07) is -0.706. The van der Waals surface area contributed by atoms with Gasteiger partial charge >= 0.3 is 5.97 Å². The van der Waals surface area contributed by atoms with Gasteiger partial charge in [-0.25, -0.2) is 4.79 Å². The van der Waals surface area contributed by atoms with E-state index >= 15 is 0 Å². The Labute approximate surface area is 137 Å². The Kier molecular flexibility index (Phi) is 6.02. The smallest absolute Gasteiger partial charge is 0.329 e. The zero-order chi connectivity index (χ0) is 16.9. The van der Waals surface area contributed by atoms with E-state index in [1.807, 2.05) is 0 Å². The van der Waals surface area contributed by atoms with Gasteiger partial charge in [0.15, 0.2) is 0 Å². The molecule has 3 N–H and O–H groups in total. The minimum Gasteiger partial charge on any atom is -0.480 e. The molecule has 0 heterocycles. The molecule has 6 heteroatoms. The van der Waals surface area contributed by atoms with E-state index in [1.54, 1.807) is 6.92 Å². The van der Waals surface area contributed by atoms with Crippen LogP contribution in [0.25, 0.3) is 0 Å². The van der Waals surface area contributed by atoms with E-state index in [0.29, 0.717) is 25.2 Å². The second-order valence-corrected chi connectivity index (χ2v) is 7.08. The van der Waals surface area contributed by atoms with E-state index in [-0.39, 0.29) is 5.91 Å². The Hall–Kier alpha value is -1.59. The molecule has 2 amide bonds. The van der Waals surface area contributed by atoms with Gasteiger partial charge in [0.2, 0.25) is 11.8 Å². The summed E-state index contributed by atoms with van der Waals surface area (Å²) in [4.78, 5) is 35.8. The molecule has 0 spiro atoms. The Bertz CT molecular complexity index is 452. The molecule has 1 unspecified atom stereocenters. The number of carboxylic acids is 1. The summed E-state index contributed by atoms with van der Waals surface area (Å²) in [7, 11) is 0. The van der Waals surface area contributed by atoms with Gasteiger partial charge in [-0.1, -0.05) is 32.1 Å². The summed E-state index contributed by atoms with van der Waals surface area (Å²) < 4.78 is 0. The summed E-state index contributed by atoms with van der Waals surface area (Å²) in [6.45, 7) is 1.61. The molecule has 2 fully saturated rings. The van der Waals surface area contributed by atoms with Gasteiger partial charge < -0.3 is 15.7 Å². The third kappa shape index (κ3) is 4.69. The third-order valence-corrected chi connectivity index (χ3v) is 5.20. The molecule has 0 saturated heterocycles. The van der Waals surface area contributed by atoms with E-state index in [2.05, 4.69) is 10.6 Å². The first-order valence-corrected chi connectivity index (χ1v) is 8.78. The molecule has 0 bridgehead atoms. The molecule has 0 aromatic heterocycles. The van der Waals surface area contributed by atoms with Crippen molar-refractivity contribution < 1.29 is 19.5 Å². The molecule has 130 valence electrons. The highest BCUT2D eigenvalue weighted by atomic mass is 16.4. The first-order valence-electron chi connectivity index (χ1n) is 8.78. The number of aliphatic carboxylic acids is 1. The van der Waals surface area contributed by atoms with Gasteiger partial charge in [-0.15, -0.1) is 0 Å². The van der Waals surface area contributed by atoms with Crippen molar-refractivity contribution in [2.45, 2.75) is 82.7 Å². The van der Waals surface area contributed by atoms with Crippen LogP contribution >= 0.6 is 0 Å². The number of rotatable bonds is 6. The molecule has 1 atom stereocenters. The van der Waals surface area contributed by atoms with Gasteiger partial charge in [0.25, 0.3) is 0 Å². The molecule has 23 heavy (non-hydrogen) atoms. The first-order chi connectivity index (χ1) is 10.9. The number of nitrogens with one attached hydrogen (secondary N) is 2. The highest BCUT2D eigenvalue weighted by Crippen LogP contribution is 2.30. The van der Waals surface area contributed by atoms with Crippen molar-refractivity contribution >= 4 is 17.8 Å². The monoisotopic (exact) mass is 324 g/mol. The number of carbonyl (C=O) groups excluding carboxylic acids is 2. The van der Waals surface area contributed by atoms with Crippen molar-refractivity contribution in [1.82, 2.24) is 10.6 Å². The van der Waals surface area contributed by atoms with Crippen LogP contribution in [-0.2, 0) is 14.4 Å². The molecule has 0 aromatic carbocycles. The Morgan fingerprint density at radius 1 is 1.09 bits per heavy atom. The van der Waals surface area contributed by atoms with Crippen molar-refractivity contribution in [2.24, 2.45) is 5.92 Å². The highest BCUT2D eigenvalue weighted by Gasteiger charge is 2.43. The summed E-state index contributed by atoms with van der Waals surface area (Å²) >= 11 is 0. The Morgan fingerprint density at radius 3 is 2.26 bits per heavy atom. The first kappa shape index (κ1) is 17.8. The van der Waals surface area contributed by atoms with Crippen LogP contribution in [0.2, 0.25) is 0 Å². The lowest BCUT2D eigenvalue weighted by molar-refractivity contribution is -0.147. The lowest BCUT2D eigenvalue weighted by atomic mass is 9.87. The molecule has 0 radical (unpaired) electrons. The van der Waals surface area contributed by atoms with Crippen molar-refractivity contribution in [3.8, 4) is 0 Å². The van der Waals surface area contributed by atoms with Crippen LogP contribution in [0.15, 0.2) is 0 Å². The number of carbonyl (C=O) groups is 3. The van der Waals surface area contributed by atoms with Crippen molar-refractivity contribution in [2.75, 3.05) is 0 Å². The van der Waals surface area contributed by atoms with Gasteiger partial charge in [-0.2, -0.15) is 0 Å². The van der Waals surface area contributed by atoms with Gasteiger partial charge in [0, 0.05) is 6.42 Å². The van der Waals surface area contributed by atoms with Crippen molar-refractivity contribution in [3.63, 3.8) is 0 Å². The van der Waals surface area contributed by atoms with Crippen LogP contribution < -0.4 is 10.6 Å². The van der Waals surface area contributed by atoms with Crippen molar-refractivity contribution in [3.05, 3.63) is 0 Å². The number of amides is 2. The van der Waals surface area contributed by atoms with Crippen LogP contribution in [0.4, 0.5) is 0 Å². The molecular formula is C17H28N2O4. The van der Waals surface area contributed by atoms with E-state index in [4.69, 9.17) is 0 Å². The molecule has 0 aliphatic heterocycles. The number of carboxylic acid groups (broad SMARTS) is 1. The zero-order valence-corrected chi connectivity index (χ0v) is 13.9. The Morgan fingerprint density at radius 2 is 1.70 bits per heavy atom. The average molecular weight is 324 g/mol. The molecule has 2 saturated carbocycles. The summed E-state index contributed by atoms with van der Waals surface area (Å²) in [6.07, 6.45) is 8.73. The molecule has 0 aromatic rings. The second-order valence-electron chi connectivity index (χ2n) is 7.08. The normalized spacial score (nSPS) is 22.3. The van der Waals surface area contributed by atoms with Gasteiger partial charge in [0.05, 0.1) is 0 Å². The Balaban J connectivity index is 1.81. The maximum absolute atomic E-state index is 12.2. The van der Waals surface area contributed by atoms with Gasteiger partial charge in [-0.3, -0.25) is 9.59 Å². The van der Waals surface area contributed by atoms with Crippen LogP contribution in [0.1, 0.15) is 71.1 Å². The molecule has 2 aliphatic rings. The maximum atomic E-state index is 12.2. The van der Waals surface area contributed by atoms with E-state index in [1.165, 1.54) is 19.3 Å². The predicted octanol–water partition coefficient (Wildman–Crippen LogP) is 1.98. The summed E-state index contributed by atoms with van der Waals surface area (Å²) in [5, 5.41) is 14.8. The lowest BCUT2D eigenvalue weighted by Crippen LogP contribution is -2.57. The number of hydrogen-bond donors (Lipinski definition) is 3. The zero-order valence-electron chi connectivity index (χ0n) is 13.9. The number of hydrogen-bond acceptors (Lipinski definition) is 3. The minimum atomic E-state index is -1.15. The van der Waals surface area contributed by atoms with Crippen LogP contribution in [0.3, 0.4) is 0 Å². The highest BCUT2D eigenvalue weighted by molar-refractivity contribution is 5.92. The maximum Gasteiger partial charge on any atom is 0.329 e. The minimum absolute atomic E-state index is 0.115. The lowest BCUT2D eigenvalue weighted by Gasteiger charge is -2.27. The standard InChI is InChI=1S/C17H28N2O4/c1-12(18-14(20)11-13-7-3-2-4-8-13)15(21)19-17(16(22)23)9-5-6-10-17/h12-13H,2-11H2,1H3,(H,18,20)(H,19,21)(H,22,23). The molecule has 2 aliphatic carbocycles. The van der Waals surface area contributed by atoms with Gasteiger partial charge in [-0.05, 0) is 38.5 Å². The SMILES string of the molecule is CC(NC(=O)CC1CCCCC1)C(=O)NC1(C(=O)O)CCCC1. The molecule has 2 rings (SSSR count). The summed E-state index contributed by atoms with van der Waals surface area (Å²) in [5.74, 6) is -1.09. The predicted molar refractivity (Wildman–Crippen MR) is 85.8 cm³/mol. The topological polar surface area (TPSA) is 95.5 Å². The van der Waals surface area contributed by atoms with Crippen LogP contribution in [0.5, 0.6) is 0 Å². The van der Waals surface area contributed by atoms with E-state index < -0.39 is 23.5 Å². The fraction of sp³-hybridized carbons (Fsp3) is 0.824. The largest absolute Gasteiger partial charge is 0.480 e. The van der Waals surface area contributed by atoms with Crippen LogP contribution in [0, 0.1) is 5.92 Å². The van der Waals surface area contributed by atoms with Crippen molar-refractivity contribution in [1.29, 1.82) is 0 Å². The van der Waals surface area contributed by atoms with E-state index in [9.17, 15) is 19.5 Å². The third-order valence-electron chi connectivity index (χ3n) is 5.20. The fourth-order valence-electron chi connectivity index (χ4n) is 3.73. The summed E-state index contributed by atoms with van der Waals surface area (Å²) in [5.41, 5.74) is -1.15. The van der Waals surface area contributed by atoms with Gasteiger partial charge in [0.1, 0.15) is 11.6 Å². The molecule has 6 nitrogen and oxygen atoms in total. The van der Waals surface area contributed by atoms with E-state index in [0.717, 1.165) is 25.7 Å². The molecular weight excluding hydrogens is 296 g/mol.